The van der Waals surface area contributed by atoms with Crippen LogP contribution in [0.4, 0.5) is 5.69 Å². The van der Waals surface area contributed by atoms with Crippen LogP contribution in [-0.4, -0.2) is 26.7 Å². The predicted molar refractivity (Wildman–Crippen MR) is 66.4 cm³/mol. The molecule has 0 aliphatic rings. The number of nitrogens with zero attached hydrogens (tertiary/aromatic N) is 1. The predicted octanol–water partition coefficient (Wildman–Crippen LogP) is 2.33. The van der Waals surface area contributed by atoms with E-state index in [0.717, 1.165) is 11.3 Å². The van der Waals surface area contributed by atoms with Gasteiger partial charge in [-0.1, -0.05) is 12.1 Å². The van der Waals surface area contributed by atoms with E-state index in [1.54, 1.807) is 13.0 Å². The van der Waals surface area contributed by atoms with Gasteiger partial charge in [0.25, 0.3) is 0 Å². The monoisotopic (exact) mass is 219 g/mol. The average Bonchev–Trinajstić information content (AvgIpc) is 2.27. The zero-order valence-electron chi connectivity index (χ0n) is 9.93. The number of esters is 1. The Kier molecular flexibility index (Phi) is 4.58. The molecule has 0 aliphatic carbocycles. The standard InChI is InChI=1S/C13H17NO2/c1-4-16-13(15)9-8-11-6-5-7-12(10-11)14(2)3/h5-10H,4H2,1-3H3. The first kappa shape index (κ1) is 12.3. The van der Waals surface area contributed by atoms with Gasteiger partial charge in [0.05, 0.1) is 6.61 Å². The van der Waals surface area contributed by atoms with E-state index in [2.05, 4.69) is 0 Å². The van der Waals surface area contributed by atoms with Crippen molar-refractivity contribution in [2.24, 2.45) is 0 Å². The zero-order valence-corrected chi connectivity index (χ0v) is 9.93. The minimum absolute atomic E-state index is 0.308. The van der Waals surface area contributed by atoms with E-state index in [4.69, 9.17) is 4.74 Å². The van der Waals surface area contributed by atoms with Crippen molar-refractivity contribution in [3.05, 3.63) is 35.9 Å². The molecule has 0 bridgehead atoms. The normalized spacial score (nSPS) is 10.4. The van der Waals surface area contributed by atoms with Crippen LogP contribution in [0.5, 0.6) is 0 Å². The first-order valence-electron chi connectivity index (χ1n) is 5.25. The Labute approximate surface area is 96.3 Å². The van der Waals surface area contributed by atoms with Gasteiger partial charge in [-0.05, 0) is 30.7 Å². The quantitative estimate of drug-likeness (QED) is 0.575. The lowest BCUT2D eigenvalue weighted by Gasteiger charge is -2.12. The molecule has 0 aliphatic heterocycles. The van der Waals surface area contributed by atoms with Gasteiger partial charge >= 0.3 is 5.97 Å². The third kappa shape index (κ3) is 3.77. The van der Waals surface area contributed by atoms with Crippen LogP contribution in [0.3, 0.4) is 0 Å². The van der Waals surface area contributed by atoms with Crippen LogP contribution in [0.2, 0.25) is 0 Å². The summed E-state index contributed by atoms with van der Waals surface area (Å²) in [6.07, 6.45) is 3.20. The van der Waals surface area contributed by atoms with Crippen LogP contribution in [0.1, 0.15) is 12.5 Å². The second kappa shape index (κ2) is 5.95. The molecule has 0 N–H and O–H groups in total. The van der Waals surface area contributed by atoms with E-state index in [9.17, 15) is 4.79 Å². The lowest BCUT2D eigenvalue weighted by molar-refractivity contribution is -0.137. The molecule has 0 heterocycles. The first-order chi connectivity index (χ1) is 7.63. The summed E-state index contributed by atoms with van der Waals surface area (Å²) in [4.78, 5) is 13.1. The minimum atomic E-state index is -0.308. The molecule has 0 amide bonds. The number of carbonyl (C=O) groups excluding carboxylic acids is 1. The summed E-state index contributed by atoms with van der Waals surface area (Å²) in [6.45, 7) is 2.19. The molecule has 1 aromatic carbocycles. The fourth-order valence-electron chi connectivity index (χ4n) is 1.26. The highest BCUT2D eigenvalue weighted by molar-refractivity contribution is 5.87. The van der Waals surface area contributed by atoms with Crippen molar-refractivity contribution in [3.63, 3.8) is 0 Å². The van der Waals surface area contributed by atoms with Crippen molar-refractivity contribution in [3.8, 4) is 0 Å². The number of carbonyl (C=O) groups is 1. The minimum Gasteiger partial charge on any atom is -0.463 e. The molecule has 0 saturated heterocycles. The van der Waals surface area contributed by atoms with Crippen LogP contribution in [0.25, 0.3) is 6.08 Å². The van der Waals surface area contributed by atoms with Crippen LogP contribution in [0, 0.1) is 0 Å². The van der Waals surface area contributed by atoms with Gasteiger partial charge in [-0.2, -0.15) is 0 Å². The summed E-state index contributed by atoms with van der Waals surface area (Å²) < 4.78 is 4.81. The fraction of sp³-hybridized carbons (Fsp3) is 0.308. The molecule has 0 saturated carbocycles. The number of rotatable bonds is 4. The third-order valence-electron chi connectivity index (χ3n) is 2.09. The van der Waals surface area contributed by atoms with Gasteiger partial charge in [-0.3, -0.25) is 0 Å². The largest absolute Gasteiger partial charge is 0.463 e. The molecular weight excluding hydrogens is 202 g/mol. The Morgan fingerprint density at radius 1 is 1.44 bits per heavy atom. The molecule has 0 atom stereocenters. The molecule has 0 radical (unpaired) electrons. The van der Waals surface area contributed by atoms with Crippen molar-refractivity contribution in [2.75, 3.05) is 25.6 Å². The number of hydrogen-bond donors (Lipinski definition) is 0. The molecular formula is C13H17NO2. The SMILES string of the molecule is CCOC(=O)C=Cc1cccc(N(C)C)c1. The summed E-state index contributed by atoms with van der Waals surface area (Å²) in [6, 6.07) is 7.93. The Bertz CT molecular complexity index is 383. The maximum Gasteiger partial charge on any atom is 0.330 e. The van der Waals surface area contributed by atoms with E-state index in [1.165, 1.54) is 6.08 Å². The molecule has 0 fully saturated rings. The van der Waals surface area contributed by atoms with E-state index < -0.39 is 0 Å². The van der Waals surface area contributed by atoms with Gasteiger partial charge < -0.3 is 9.64 Å². The summed E-state index contributed by atoms with van der Waals surface area (Å²) in [5.41, 5.74) is 2.09. The van der Waals surface area contributed by atoms with Gasteiger partial charge in [0.1, 0.15) is 0 Å². The summed E-state index contributed by atoms with van der Waals surface area (Å²) in [5, 5.41) is 0. The zero-order chi connectivity index (χ0) is 12.0. The second-order valence-electron chi connectivity index (χ2n) is 3.57. The second-order valence-corrected chi connectivity index (χ2v) is 3.57. The number of benzene rings is 1. The van der Waals surface area contributed by atoms with Crippen LogP contribution >= 0.6 is 0 Å². The number of anilines is 1. The van der Waals surface area contributed by atoms with Gasteiger partial charge in [-0.15, -0.1) is 0 Å². The molecule has 0 aromatic heterocycles. The third-order valence-corrected chi connectivity index (χ3v) is 2.09. The Morgan fingerprint density at radius 2 is 2.19 bits per heavy atom. The molecule has 0 unspecified atom stereocenters. The van der Waals surface area contributed by atoms with Crippen molar-refractivity contribution in [2.45, 2.75) is 6.92 Å². The highest BCUT2D eigenvalue weighted by Gasteiger charge is 1.96. The van der Waals surface area contributed by atoms with E-state index >= 15 is 0 Å². The lowest BCUT2D eigenvalue weighted by Crippen LogP contribution is -2.08. The topological polar surface area (TPSA) is 29.5 Å². The molecule has 1 rings (SSSR count). The van der Waals surface area contributed by atoms with Crippen LogP contribution in [-0.2, 0) is 9.53 Å². The molecule has 3 heteroatoms. The van der Waals surface area contributed by atoms with Crippen molar-refractivity contribution < 1.29 is 9.53 Å². The van der Waals surface area contributed by atoms with Gasteiger partial charge in [0.2, 0.25) is 0 Å². The fourth-order valence-corrected chi connectivity index (χ4v) is 1.26. The van der Waals surface area contributed by atoms with Crippen LogP contribution < -0.4 is 4.90 Å². The van der Waals surface area contributed by atoms with Crippen molar-refractivity contribution >= 4 is 17.7 Å². The molecule has 86 valence electrons. The van der Waals surface area contributed by atoms with Gasteiger partial charge in [0, 0.05) is 25.9 Å². The maximum atomic E-state index is 11.1. The van der Waals surface area contributed by atoms with Gasteiger partial charge in [-0.25, -0.2) is 4.79 Å². The van der Waals surface area contributed by atoms with Crippen molar-refractivity contribution in [1.82, 2.24) is 0 Å². The molecule has 16 heavy (non-hydrogen) atoms. The Hall–Kier alpha value is -1.77. The number of ether oxygens (including phenoxy) is 1. The van der Waals surface area contributed by atoms with E-state index in [-0.39, 0.29) is 5.97 Å². The van der Waals surface area contributed by atoms with Crippen molar-refractivity contribution in [1.29, 1.82) is 0 Å². The highest BCUT2D eigenvalue weighted by Crippen LogP contribution is 2.14. The Balaban J connectivity index is 2.74. The van der Waals surface area contributed by atoms with E-state index in [1.807, 2.05) is 43.3 Å². The summed E-state index contributed by atoms with van der Waals surface area (Å²) >= 11 is 0. The number of hydrogen-bond acceptors (Lipinski definition) is 3. The van der Waals surface area contributed by atoms with Gasteiger partial charge in [0.15, 0.2) is 0 Å². The molecule has 0 spiro atoms. The first-order valence-corrected chi connectivity index (χ1v) is 5.25. The van der Waals surface area contributed by atoms with Crippen LogP contribution in [0.15, 0.2) is 30.3 Å². The highest BCUT2D eigenvalue weighted by atomic mass is 16.5. The maximum absolute atomic E-state index is 11.1. The average molecular weight is 219 g/mol. The molecule has 1 aromatic rings. The summed E-state index contributed by atoms with van der Waals surface area (Å²) in [5.74, 6) is -0.308. The summed E-state index contributed by atoms with van der Waals surface area (Å²) in [7, 11) is 3.96. The Morgan fingerprint density at radius 3 is 2.81 bits per heavy atom. The van der Waals surface area contributed by atoms with E-state index in [0.29, 0.717) is 6.61 Å². The molecule has 3 nitrogen and oxygen atoms in total. The smallest absolute Gasteiger partial charge is 0.330 e. The lowest BCUT2D eigenvalue weighted by atomic mass is 10.2.